The van der Waals surface area contributed by atoms with Crippen molar-refractivity contribution in [3.63, 3.8) is 0 Å². The van der Waals surface area contributed by atoms with Crippen molar-refractivity contribution in [3.05, 3.63) is 0 Å². The van der Waals surface area contributed by atoms with E-state index in [2.05, 4.69) is 4.52 Å². The van der Waals surface area contributed by atoms with Gasteiger partial charge in [0.25, 0.3) is 0 Å². The summed E-state index contributed by atoms with van der Waals surface area (Å²) in [5.74, 6) is -1.76. The minimum Gasteiger partial charge on any atom is -0.387 e. The topological polar surface area (TPSA) is 183 Å². The molecule has 4 amide bonds. The summed E-state index contributed by atoms with van der Waals surface area (Å²) in [6.45, 7) is -0.776. The molecule has 0 aromatic rings. The summed E-state index contributed by atoms with van der Waals surface area (Å²) in [5, 5.41) is 21.4. The zero-order valence-corrected chi connectivity index (χ0v) is 11.8. The van der Waals surface area contributed by atoms with Gasteiger partial charge in [0.2, 0.25) is 11.8 Å². The average Bonchev–Trinajstić information content (AvgIpc) is 2.63. The molecule has 124 valence electrons. The van der Waals surface area contributed by atoms with Crippen LogP contribution in [0.1, 0.15) is 6.42 Å². The molecule has 5 N–H and O–H groups in total. The second-order valence-electron chi connectivity index (χ2n) is 4.63. The van der Waals surface area contributed by atoms with E-state index in [1.54, 1.807) is 0 Å². The third kappa shape index (κ3) is 3.50. The highest BCUT2D eigenvalue weighted by molar-refractivity contribution is 7.46. The number of hydrogen-bond acceptors (Lipinski definition) is 8. The van der Waals surface area contributed by atoms with E-state index >= 15 is 0 Å². The van der Waals surface area contributed by atoms with Crippen LogP contribution >= 0.6 is 7.82 Å². The number of barbiturate groups is 1. The maximum absolute atomic E-state index is 11.7. The molecule has 22 heavy (non-hydrogen) atoms. The highest BCUT2D eigenvalue weighted by Gasteiger charge is 2.50. The lowest BCUT2D eigenvalue weighted by Crippen LogP contribution is -2.59. The third-order valence-corrected chi connectivity index (χ3v) is 3.53. The molecule has 12 nitrogen and oxygen atoms in total. The summed E-state index contributed by atoms with van der Waals surface area (Å²) in [6.07, 6.45) is -7.02. The van der Waals surface area contributed by atoms with Crippen LogP contribution < -0.4 is 5.32 Å². The molecule has 2 aliphatic heterocycles. The molecule has 0 aliphatic carbocycles. The Kier molecular flexibility index (Phi) is 4.63. The van der Waals surface area contributed by atoms with Gasteiger partial charge in [-0.2, -0.15) is 0 Å². The molecule has 2 rings (SSSR count). The Labute approximate surface area is 122 Å². The maximum atomic E-state index is 11.7. The molecule has 2 fully saturated rings. The van der Waals surface area contributed by atoms with Crippen LogP contribution in [-0.2, 0) is 23.4 Å². The number of carbonyl (C=O) groups is 3. The van der Waals surface area contributed by atoms with Gasteiger partial charge in [-0.05, 0) is 0 Å². The lowest BCUT2D eigenvalue weighted by atomic mass is 10.1. The number of nitrogens with zero attached hydrogens (tertiary/aromatic N) is 1. The predicted molar refractivity (Wildman–Crippen MR) is 63.7 cm³/mol. The van der Waals surface area contributed by atoms with Crippen molar-refractivity contribution >= 4 is 25.7 Å². The number of hydrogen-bond donors (Lipinski definition) is 5. The van der Waals surface area contributed by atoms with Crippen LogP contribution in [0.25, 0.3) is 0 Å². The van der Waals surface area contributed by atoms with Crippen molar-refractivity contribution < 1.29 is 48.2 Å². The fourth-order valence-electron chi connectivity index (χ4n) is 2.07. The lowest BCUT2D eigenvalue weighted by molar-refractivity contribution is -0.150. The largest absolute Gasteiger partial charge is 0.469 e. The highest BCUT2D eigenvalue weighted by atomic mass is 31.2. The van der Waals surface area contributed by atoms with Crippen LogP contribution in [0.4, 0.5) is 4.79 Å². The summed E-state index contributed by atoms with van der Waals surface area (Å²) in [4.78, 5) is 51.9. The van der Waals surface area contributed by atoms with Gasteiger partial charge >= 0.3 is 13.9 Å². The number of carbonyl (C=O) groups excluding carboxylic acids is 3. The lowest BCUT2D eigenvalue weighted by Gasteiger charge is -2.30. The van der Waals surface area contributed by atoms with Crippen molar-refractivity contribution in [1.29, 1.82) is 0 Å². The Morgan fingerprint density at radius 2 is 1.91 bits per heavy atom. The minimum absolute atomic E-state index is 0.423. The van der Waals surface area contributed by atoms with E-state index in [1.807, 2.05) is 5.32 Å². The van der Waals surface area contributed by atoms with Gasteiger partial charge in [-0.3, -0.25) is 19.4 Å². The second kappa shape index (κ2) is 6.01. The fraction of sp³-hybridized carbons (Fsp3) is 0.667. The quantitative estimate of drug-likeness (QED) is 0.261. The monoisotopic (exact) mass is 340 g/mol. The molecule has 13 heteroatoms. The zero-order chi connectivity index (χ0) is 16.7. The van der Waals surface area contributed by atoms with Gasteiger partial charge in [0.1, 0.15) is 24.7 Å². The predicted octanol–water partition coefficient (Wildman–Crippen LogP) is -2.99. The first kappa shape index (κ1) is 17.0. The molecule has 2 saturated heterocycles. The summed E-state index contributed by atoms with van der Waals surface area (Å²) < 4.78 is 19.8. The van der Waals surface area contributed by atoms with Crippen LogP contribution in [0.2, 0.25) is 0 Å². The van der Waals surface area contributed by atoms with Crippen LogP contribution in [0.3, 0.4) is 0 Å². The number of imide groups is 2. The van der Waals surface area contributed by atoms with Crippen molar-refractivity contribution in [2.75, 3.05) is 6.61 Å². The third-order valence-electron chi connectivity index (χ3n) is 3.04. The van der Waals surface area contributed by atoms with Crippen molar-refractivity contribution in [1.82, 2.24) is 10.2 Å². The van der Waals surface area contributed by atoms with Crippen LogP contribution in [0.5, 0.6) is 0 Å². The molecular weight excluding hydrogens is 327 g/mol. The van der Waals surface area contributed by atoms with Crippen LogP contribution in [-0.4, -0.2) is 73.9 Å². The molecule has 0 unspecified atom stereocenters. The first-order valence-corrected chi connectivity index (χ1v) is 7.51. The normalized spacial score (nSPS) is 33.3. The van der Waals surface area contributed by atoms with Crippen LogP contribution in [0, 0.1) is 0 Å². The van der Waals surface area contributed by atoms with Crippen molar-refractivity contribution in [2.45, 2.75) is 31.0 Å². The first-order chi connectivity index (χ1) is 10.1. The molecule has 2 aliphatic rings. The number of rotatable bonds is 4. The SMILES string of the molecule is O=C1CC(=O)N([C@H]2O[C@@H](COP(=O)(O)O)[C@@H](O)[C@@H]2O)C(=O)N1. The molecule has 0 radical (unpaired) electrons. The highest BCUT2D eigenvalue weighted by Crippen LogP contribution is 2.37. The maximum Gasteiger partial charge on any atom is 0.469 e. The van der Waals surface area contributed by atoms with E-state index in [0.29, 0.717) is 4.90 Å². The minimum atomic E-state index is -4.83. The van der Waals surface area contributed by atoms with Crippen molar-refractivity contribution in [3.8, 4) is 0 Å². The molecule has 2 heterocycles. The van der Waals surface area contributed by atoms with Gasteiger partial charge in [-0.1, -0.05) is 0 Å². The molecular formula is C9H13N2O10P. The first-order valence-electron chi connectivity index (χ1n) is 5.97. The summed E-state index contributed by atoms with van der Waals surface area (Å²) in [6, 6.07) is -1.13. The van der Waals surface area contributed by atoms with E-state index in [-0.39, 0.29) is 0 Å². The number of phosphoric ester groups is 1. The Bertz CT molecular complexity index is 527. The Morgan fingerprint density at radius 3 is 2.45 bits per heavy atom. The van der Waals surface area contributed by atoms with E-state index in [1.165, 1.54) is 0 Å². The number of nitrogens with one attached hydrogen (secondary N) is 1. The van der Waals surface area contributed by atoms with E-state index in [4.69, 9.17) is 14.5 Å². The average molecular weight is 340 g/mol. The van der Waals surface area contributed by atoms with Crippen LogP contribution in [0.15, 0.2) is 0 Å². The van der Waals surface area contributed by atoms with Gasteiger partial charge in [-0.15, -0.1) is 0 Å². The second-order valence-corrected chi connectivity index (χ2v) is 5.87. The smallest absolute Gasteiger partial charge is 0.387 e. The standard InChI is InChI=1S/C9H13N2O10P/c12-4-1-5(13)11(9(16)10-4)8-7(15)6(14)3(21-8)2-20-22(17,18)19/h3,6-8,14-15H,1-2H2,(H,10,12,16)(H2,17,18,19)/t3-,6+,7-,8-/m0/s1. The molecule has 0 aromatic carbocycles. The summed E-state index contributed by atoms with van der Waals surface area (Å²) in [7, 11) is -4.83. The summed E-state index contributed by atoms with van der Waals surface area (Å²) >= 11 is 0. The summed E-state index contributed by atoms with van der Waals surface area (Å²) in [5.41, 5.74) is 0. The molecule has 0 bridgehead atoms. The zero-order valence-electron chi connectivity index (χ0n) is 10.9. The molecule has 4 atom stereocenters. The number of ether oxygens (including phenoxy) is 1. The number of urea groups is 1. The van der Waals surface area contributed by atoms with E-state index < -0.39 is 63.2 Å². The van der Waals surface area contributed by atoms with E-state index in [9.17, 15) is 29.2 Å². The number of aliphatic hydroxyl groups is 2. The Morgan fingerprint density at radius 1 is 1.27 bits per heavy atom. The van der Waals surface area contributed by atoms with Gasteiger partial charge < -0.3 is 24.7 Å². The van der Waals surface area contributed by atoms with Crippen molar-refractivity contribution in [2.24, 2.45) is 0 Å². The van der Waals surface area contributed by atoms with Gasteiger partial charge in [0.15, 0.2) is 6.23 Å². The molecule has 0 aromatic heterocycles. The molecule has 0 spiro atoms. The Balaban J connectivity index is 2.09. The van der Waals surface area contributed by atoms with Gasteiger partial charge in [0, 0.05) is 0 Å². The molecule has 0 saturated carbocycles. The fourth-order valence-corrected chi connectivity index (χ4v) is 2.41. The van der Waals surface area contributed by atoms with Gasteiger partial charge in [0.05, 0.1) is 6.61 Å². The number of aliphatic hydroxyl groups excluding tert-OH is 2. The van der Waals surface area contributed by atoms with E-state index in [0.717, 1.165) is 0 Å². The Hall–Kier alpha value is -1.40. The number of amides is 4. The van der Waals surface area contributed by atoms with Gasteiger partial charge in [-0.25, -0.2) is 14.3 Å². The number of phosphoric acid groups is 1.